The summed E-state index contributed by atoms with van der Waals surface area (Å²) in [5.74, 6) is 0.123. The molecule has 1 amide bonds. The summed E-state index contributed by atoms with van der Waals surface area (Å²) >= 11 is 3.23. The van der Waals surface area contributed by atoms with Gasteiger partial charge in [-0.2, -0.15) is 0 Å². The Morgan fingerprint density at radius 1 is 1.73 bits per heavy atom. The lowest BCUT2D eigenvalue weighted by molar-refractivity contribution is -0.140. The zero-order chi connectivity index (χ0) is 8.43. The van der Waals surface area contributed by atoms with Gasteiger partial charge in [0.2, 0.25) is 5.91 Å². The fourth-order valence-electron chi connectivity index (χ4n) is 0.907. The summed E-state index contributed by atoms with van der Waals surface area (Å²) < 4.78 is 4.98. The standard InChI is InChI=1S/C7H12BrNO2/c1-5(8)7(10)9(2)6-3-11-4-6/h5-6H,3-4H2,1-2H3/t5-/m0/s1. The predicted molar refractivity (Wildman–Crippen MR) is 45.8 cm³/mol. The van der Waals surface area contributed by atoms with Crippen molar-refractivity contribution >= 4 is 21.8 Å². The van der Waals surface area contributed by atoms with Crippen molar-refractivity contribution in [3.05, 3.63) is 0 Å². The average molecular weight is 222 g/mol. The first-order chi connectivity index (χ1) is 5.13. The van der Waals surface area contributed by atoms with E-state index in [0.29, 0.717) is 19.3 Å². The summed E-state index contributed by atoms with van der Waals surface area (Å²) in [5.41, 5.74) is 0. The molecule has 0 radical (unpaired) electrons. The number of rotatable bonds is 2. The van der Waals surface area contributed by atoms with Crippen LogP contribution in [0.15, 0.2) is 0 Å². The topological polar surface area (TPSA) is 29.5 Å². The van der Waals surface area contributed by atoms with E-state index in [2.05, 4.69) is 15.9 Å². The maximum Gasteiger partial charge on any atom is 0.236 e. The number of hydrogen-bond acceptors (Lipinski definition) is 2. The Labute approximate surface area is 74.8 Å². The van der Waals surface area contributed by atoms with Gasteiger partial charge in [-0.1, -0.05) is 15.9 Å². The molecule has 1 atom stereocenters. The number of carbonyl (C=O) groups excluding carboxylic acids is 1. The molecular formula is C7H12BrNO2. The number of halogens is 1. The number of amides is 1. The van der Waals surface area contributed by atoms with Crippen molar-refractivity contribution in [2.75, 3.05) is 20.3 Å². The molecular weight excluding hydrogens is 210 g/mol. The van der Waals surface area contributed by atoms with Crippen LogP contribution >= 0.6 is 15.9 Å². The Morgan fingerprint density at radius 2 is 2.27 bits per heavy atom. The quantitative estimate of drug-likeness (QED) is 0.641. The molecule has 1 saturated heterocycles. The lowest BCUT2D eigenvalue weighted by atomic mass is 10.2. The van der Waals surface area contributed by atoms with Crippen molar-refractivity contribution in [1.29, 1.82) is 0 Å². The summed E-state index contributed by atoms with van der Waals surface area (Å²) in [4.78, 5) is 12.9. The highest BCUT2D eigenvalue weighted by Crippen LogP contribution is 2.11. The van der Waals surface area contributed by atoms with Crippen LogP contribution in [0, 0.1) is 0 Å². The fourth-order valence-corrected chi connectivity index (χ4v) is 1.23. The lowest BCUT2D eigenvalue weighted by Gasteiger charge is -2.35. The summed E-state index contributed by atoms with van der Waals surface area (Å²) in [6.07, 6.45) is 0. The maximum absolute atomic E-state index is 11.3. The third-order valence-electron chi connectivity index (χ3n) is 1.86. The Kier molecular flexibility index (Phi) is 2.90. The van der Waals surface area contributed by atoms with E-state index in [4.69, 9.17) is 4.74 Å². The molecule has 1 aliphatic rings. The number of nitrogens with zero attached hydrogens (tertiary/aromatic N) is 1. The van der Waals surface area contributed by atoms with Gasteiger partial charge in [-0.15, -0.1) is 0 Å². The highest BCUT2D eigenvalue weighted by Gasteiger charge is 2.28. The van der Waals surface area contributed by atoms with Crippen LogP contribution in [0.1, 0.15) is 6.92 Å². The van der Waals surface area contributed by atoms with Crippen molar-refractivity contribution in [2.24, 2.45) is 0 Å². The lowest BCUT2D eigenvalue weighted by Crippen LogP contribution is -2.51. The fraction of sp³-hybridized carbons (Fsp3) is 0.857. The van der Waals surface area contributed by atoms with Gasteiger partial charge in [0.05, 0.1) is 24.1 Å². The molecule has 0 N–H and O–H groups in total. The molecule has 11 heavy (non-hydrogen) atoms. The van der Waals surface area contributed by atoms with E-state index in [1.165, 1.54) is 0 Å². The van der Waals surface area contributed by atoms with Crippen molar-refractivity contribution in [3.63, 3.8) is 0 Å². The van der Waals surface area contributed by atoms with Gasteiger partial charge in [0.25, 0.3) is 0 Å². The first-order valence-electron chi connectivity index (χ1n) is 3.61. The second-order valence-corrected chi connectivity index (χ2v) is 4.13. The molecule has 1 aliphatic heterocycles. The van der Waals surface area contributed by atoms with E-state index in [9.17, 15) is 4.79 Å². The molecule has 0 aromatic carbocycles. The Balaban J connectivity index is 2.39. The summed E-state index contributed by atoms with van der Waals surface area (Å²) in [7, 11) is 1.81. The molecule has 1 heterocycles. The third kappa shape index (κ3) is 1.93. The minimum Gasteiger partial charge on any atom is -0.377 e. The van der Waals surface area contributed by atoms with Crippen LogP contribution < -0.4 is 0 Å². The molecule has 0 aromatic heterocycles. The van der Waals surface area contributed by atoms with E-state index < -0.39 is 0 Å². The highest BCUT2D eigenvalue weighted by molar-refractivity contribution is 9.10. The van der Waals surface area contributed by atoms with Crippen molar-refractivity contribution in [1.82, 2.24) is 4.90 Å². The second kappa shape index (κ2) is 3.54. The van der Waals surface area contributed by atoms with Crippen LogP contribution in [-0.2, 0) is 9.53 Å². The zero-order valence-corrected chi connectivity index (χ0v) is 8.30. The molecule has 0 aliphatic carbocycles. The van der Waals surface area contributed by atoms with Crippen molar-refractivity contribution in [3.8, 4) is 0 Å². The van der Waals surface area contributed by atoms with E-state index in [1.807, 2.05) is 14.0 Å². The molecule has 0 bridgehead atoms. The smallest absolute Gasteiger partial charge is 0.236 e. The third-order valence-corrected chi connectivity index (χ3v) is 2.25. The van der Waals surface area contributed by atoms with E-state index in [0.717, 1.165) is 0 Å². The normalized spacial score (nSPS) is 20.6. The number of alkyl halides is 1. The molecule has 1 rings (SSSR count). The number of likely N-dealkylation sites (N-methyl/N-ethyl adjacent to an activating group) is 1. The first kappa shape index (κ1) is 9.00. The van der Waals surface area contributed by atoms with Gasteiger partial charge < -0.3 is 9.64 Å². The number of carbonyl (C=O) groups is 1. The zero-order valence-electron chi connectivity index (χ0n) is 6.71. The minimum atomic E-state index is -0.0897. The molecule has 0 aromatic rings. The Hall–Kier alpha value is -0.0900. The molecule has 64 valence electrons. The van der Waals surface area contributed by atoms with Gasteiger partial charge in [-0.3, -0.25) is 4.79 Å². The highest BCUT2D eigenvalue weighted by atomic mass is 79.9. The van der Waals surface area contributed by atoms with Gasteiger partial charge in [0, 0.05) is 7.05 Å². The Morgan fingerprint density at radius 3 is 2.55 bits per heavy atom. The molecule has 1 fully saturated rings. The van der Waals surface area contributed by atoms with E-state index in [1.54, 1.807) is 4.90 Å². The minimum absolute atomic E-state index is 0.0897. The maximum atomic E-state index is 11.3. The van der Waals surface area contributed by atoms with Crippen molar-refractivity contribution in [2.45, 2.75) is 17.8 Å². The molecule has 4 heteroatoms. The van der Waals surface area contributed by atoms with Gasteiger partial charge >= 0.3 is 0 Å². The Bertz CT molecular complexity index is 157. The summed E-state index contributed by atoms with van der Waals surface area (Å²) in [5, 5.41) is 0. The van der Waals surface area contributed by atoms with Gasteiger partial charge in [0.1, 0.15) is 0 Å². The molecule has 0 spiro atoms. The molecule has 0 unspecified atom stereocenters. The van der Waals surface area contributed by atoms with Gasteiger partial charge in [0.15, 0.2) is 0 Å². The van der Waals surface area contributed by atoms with Crippen LogP contribution in [0.2, 0.25) is 0 Å². The molecule has 3 nitrogen and oxygen atoms in total. The first-order valence-corrected chi connectivity index (χ1v) is 4.53. The largest absolute Gasteiger partial charge is 0.377 e. The predicted octanol–water partition coefficient (Wildman–Crippen LogP) is 0.627. The number of ether oxygens (including phenoxy) is 1. The molecule has 0 saturated carbocycles. The van der Waals surface area contributed by atoms with Crippen LogP contribution in [0.4, 0.5) is 0 Å². The van der Waals surface area contributed by atoms with Crippen molar-refractivity contribution < 1.29 is 9.53 Å². The van der Waals surface area contributed by atoms with Crippen LogP contribution in [0.3, 0.4) is 0 Å². The summed E-state index contributed by atoms with van der Waals surface area (Å²) in [6.45, 7) is 3.20. The second-order valence-electron chi connectivity index (χ2n) is 2.76. The average Bonchev–Trinajstić information content (AvgIpc) is 1.82. The SMILES string of the molecule is C[C@H](Br)C(=O)N(C)C1COC1. The van der Waals surface area contributed by atoms with E-state index in [-0.39, 0.29) is 10.7 Å². The van der Waals surface area contributed by atoms with Crippen LogP contribution in [0.5, 0.6) is 0 Å². The summed E-state index contributed by atoms with van der Waals surface area (Å²) in [6, 6.07) is 0.294. The monoisotopic (exact) mass is 221 g/mol. The van der Waals surface area contributed by atoms with Crippen LogP contribution in [0.25, 0.3) is 0 Å². The van der Waals surface area contributed by atoms with E-state index >= 15 is 0 Å². The number of hydrogen-bond donors (Lipinski definition) is 0. The van der Waals surface area contributed by atoms with Crippen LogP contribution in [-0.4, -0.2) is 41.9 Å². The van der Waals surface area contributed by atoms with Gasteiger partial charge in [-0.05, 0) is 6.92 Å². The van der Waals surface area contributed by atoms with Gasteiger partial charge in [-0.25, -0.2) is 0 Å².